The second-order valence-electron chi connectivity index (χ2n) is 4.18. The Hall–Kier alpha value is -1.07. The van der Waals surface area contributed by atoms with Crippen molar-refractivity contribution < 1.29 is 9.47 Å². The lowest BCUT2D eigenvalue weighted by Gasteiger charge is -2.09. The maximum atomic E-state index is 5.42. The van der Waals surface area contributed by atoms with Crippen LogP contribution in [-0.2, 0) is 16.0 Å². The Morgan fingerprint density at radius 3 is 2.94 bits per heavy atom. The predicted octanol–water partition coefficient (Wildman–Crippen LogP) is 2.15. The van der Waals surface area contributed by atoms with E-state index in [4.69, 9.17) is 9.47 Å². The number of ether oxygens (including phenoxy) is 2. The number of unbranched alkanes of at least 4 members (excludes halogenated alkanes) is 1. The van der Waals surface area contributed by atoms with Crippen LogP contribution in [0.5, 0.6) is 0 Å². The van der Waals surface area contributed by atoms with Crippen LogP contribution in [0.25, 0.3) is 0 Å². The number of methoxy groups -OCH3 is 1. The van der Waals surface area contributed by atoms with Gasteiger partial charge in [0.05, 0.1) is 13.2 Å². The highest BCUT2D eigenvalue weighted by atomic mass is 16.5. The van der Waals surface area contributed by atoms with Gasteiger partial charge in [0.25, 0.3) is 0 Å². The van der Waals surface area contributed by atoms with Gasteiger partial charge >= 0.3 is 0 Å². The summed E-state index contributed by atoms with van der Waals surface area (Å²) in [6.45, 7) is 6.27. The van der Waals surface area contributed by atoms with Gasteiger partial charge in [0.2, 0.25) is 5.95 Å². The monoisotopic (exact) mass is 255 g/mol. The molecule has 0 fully saturated rings. The highest BCUT2D eigenvalue weighted by Gasteiger charge is 2.00. The highest BCUT2D eigenvalue weighted by Crippen LogP contribution is 2.06. The van der Waals surface area contributed by atoms with Crippen LogP contribution in [0.15, 0.2) is 12.4 Å². The molecule has 0 spiro atoms. The van der Waals surface area contributed by atoms with Crippen molar-refractivity contribution >= 4 is 5.95 Å². The highest BCUT2D eigenvalue weighted by molar-refractivity contribution is 5.25. The topological polar surface area (TPSA) is 48.3 Å². The third-order valence-corrected chi connectivity index (χ3v) is 2.62. The van der Waals surface area contributed by atoms with Gasteiger partial charge in [-0.15, -0.1) is 0 Å². The molecule has 104 valence electrons. The number of nitrogens with zero attached hydrogens (tertiary/aromatic N) is 2. The Balaban J connectivity index is 2.09. The van der Waals surface area contributed by atoms with Crippen molar-refractivity contribution in [3.63, 3.8) is 0 Å². The molecule has 5 nitrogen and oxygen atoms in total. The molecule has 0 aliphatic rings. The molecule has 0 saturated carbocycles. The van der Waals surface area contributed by atoms with Gasteiger partial charge in [0.1, 0.15) is 0 Å². The quantitative estimate of drug-likeness (QED) is 0.615. The number of nitrogens with one attached hydrogen (secondary N) is 1. The molecule has 0 aromatic carbocycles. The minimum Gasteiger partial charge on any atom is -0.382 e. The van der Waals surface area contributed by atoms with E-state index in [9.17, 15) is 0 Å². The van der Waals surface area contributed by atoms with E-state index in [2.05, 4.69) is 21.8 Å². The zero-order valence-electron chi connectivity index (χ0n) is 11.5. The van der Waals surface area contributed by atoms with Gasteiger partial charge in [0, 0.05) is 39.2 Å². The minimum atomic E-state index is 0.673. The van der Waals surface area contributed by atoms with Gasteiger partial charge < -0.3 is 19.4 Å². The average molecular weight is 255 g/mol. The summed E-state index contributed by atoms with van der Waals surface area (Å²) in [5, 5.41) is 3.32. The number of imidazole rings is 1. The first-order valence-corrected chi connectivity index (χ1v) is 6.70. The summed E-state index contributed by atoms with van der Waals surface area (Å²) in [6.07, 6.45) is 7.14. The van der Waals surface area contributed by atoms with Crippen molar-refractivity contribution in [2.75, 3.05) is 38.8 Å². The smallest absolute Gasteiger partial charge is 0.202 e. The first kappa shape index (κ1) is 15.0. The van der Waals surface area contributed by atoms with Gasteiger partial charge in [-0.2, -0.15) is 0 Å². The summed E-state index contributed by atoms with van der Waals surface area (Å²) in [5.74, 6) is 0.970. The van der Waals surface area contributed by atoms with Gasteiger partial charge in [-0.3, -0.25) is 0 Å². The zero-order valence-corrected chi connectivity index (χ0v) is 11.5. The maximum Gasteiger partial charge on any atom is 0.202 e. The fourth-order valence-corrected chi connectivity index (χ4v) is 1.62. The summed E-state index contributed by atoms with van der Waals surface area (Å²) < 4.78 is 12.5. The third kappa shape index (κ3) is 6.02. The second kappa shape index (κ2) is 9.91. The average Bonchev–Trinajstić information content (AvgIpc) is 2.83. The van der Waals surface area contributed by atoms with E-state index in [1.807, 2.05) is 12.4 Å². The van der Waals surface area contributed by atoms with Crippen LogP contribution in [0.2, 0.25) is 0 Å². The summed E-state index contributed by atoms with van der Waals surface area (Å²) in [5.41, 5.74) is 0. The Morgan fingerprint density at radius 2 is 2.17 bits per heavy atom. The molecule has 1 rings (SSSR count). The van der Waals surface area contributed by atoms with E-state index in [-0.39, 0.29) is 0 Å². The van der Waals surface area contributed by atoms with Crippen molar-refractivity contribution in [1.82, 2.24) is 9.55 Å². The van der Waals surface area contributed by atoms with E-state index >= 15 is 0 Å². The number of hydrogen-bond donors (Lipinski definition) is 1. The Labute approximate surface area is 109 Å². The molecular formula is C13H25N3O2. The molecule has 0 atom stereocenters. The molecule has 18 heavy (non-hydrogen) atoms. The lowest BCUT2D eigenvalue weighted by molar-refractivity contribution is 0.0684. The van der Waals surface area contributed by atoms with E-state index < -0.39 is 0 Å². The number of rotatable bonds is 11. The van der Waals surface area contributed by atoms with Crippen LogP contribution in [0, 0.1) is 0 Å². The van der Waals surface area contributed by atoms with Crippen LogP contribution >= 0.6 is 0 Å². The van der Waals surface area contributed by atoms with E-state index in [0.29, 0.717) is 13.2 Å². The summed E-state index contributed by atoms with van der Waals surface area (Å²) >= 11 is 0. The molecule has 1 N–H and O–H groups in total. The van der Waals surface area contributed by atoms with E-state index in [1.54, 1.807) is 7.11 Å². The van der Waals surface area contributed by atoms with Crippen molar-refractivity contribution in [3.8, 4) is 0 Å². The van der Waals surface area contributed by atoms with E-state index in [1.165, 1.54) is 0 Å². The molecule has 1 aromatic rings. The summed E-state index contributed by atoms with van der Waals surface area (Å²) in [6, 6.07) is 0. The SMILES string of the molecule is CCCNc1nccn1CCCCOCCOC. The molecular weight excluding hydrogens is 230 g/mol. The van der Waals surface area contributed by atoms with E-state index in [0.717, 1.165) is 44.9 Å². The minimum absolute atomic E-state index is 0.673. The number of anilines is 1. The predicted molar refractivity (Wildman–Crippen MR) is 72.9 cm³/mol. The lowest BCUT2D eigenvalue weighted by atomic mass is 10.3. The largest absolute Gasteiger partial charge is 0.382 e. The lowest BCUT2D eigenvalue weighted by Crippen LogP contribution is -2.09. The van der Waals surface area contributed by atoms with Gasteiger partial charge in [-0.1, -0.05) is 6.92 Å². The molecule has 0 radical (unpaired) electrons. The van der Waals surface area contributed by atoms with Gasteiger partial charge in [0.15, 0.2) is 0 Å². The molecule has 0 unspecified atom stereocenters. The third-order valence-electron chi connectivity index (χ3n) is 2.62. The number of aryl methyl sites for hydroxylation is 1. The normalized spacial score (nSPS) is 10.8. The van der Waals surface area contributed by atoms with Crippen molar-refractivity contribution in [2.24, 2.45) is 0 Å². The Kier molecular flexibility index (Phi) is 8.25. The maximum absolute atomic E-state index is 5.42. The van der Waals surface area contributed by atoms with Crippen molar-refractivity contribution in [3.05, 3.63) is 12.4 Å². The molecule has 0 bridgehead atoms. The fourth-order valence-electron chi connectivity index (χ4n) is 1.62. The Morgan fingerprint density at radius 1 is 1.28 bits per heavy atom. The van der Waals surface area contributed by atoms with Crippen LogP contribution < -0.4 is 5.32 Å². The van der Waals surface area contributed by atoms with Gasteiger partial charge in [-0.05, 0) is 19.3 Å². The molecule has 1 aromatic heterocycles. The Bertz CT molecular complexity index is 302. The molecule has 0 aliphatic heterocycles. The molecule has 0 aliphatic carbocycles. The first-order chi connectivity index (χ1) is 8.88. The molecule has 1 heterocycles. The van der Waals surface area contributed by atoms with Crippen LogP contribution in [0.1, 0.15) is 26.2 Å². The van der Waals surface area contributed by atoms with Crippen molar-refractivity contribution in [1.29, 1.82) is 0 Å². The standard InChI is InChI=1S/C13H25N3O2/c1-3-6-14-13-15-7-9-16(13)8-4-5-10-18-12-11-17-2/h7,9H,3-6,8,10-12H2,1-2H3,(H,14,15). The van der Waals surface area contributed by atoms with Crippen LogP contribution in [-0.4, -0.2) is 43.0 Å². The fraction of sp³-hybridized carbons (Fsp3) is 0.769. The number of aromatic nitrogens is 2. The molecule has 0 saturated heterocycles. The number of hydrogen-bond acceptors (Lipinski definition) is 4. The molecule has 5 heteroatoms. The first-order valence-electron chi connectivity index (χ1n) is 6.70. The van der Waals surface area contributed by atoms with Crippen LogP contribution in [0.3, 0.4) is 0 Å². The second-order valence-corrected chi connectivity index (χ2v) is 4.18. The summed E-state index contributed by atoms with van der Waals surface area (Å²) in [7, 11) is 1.69. The summed E-state index contributed by atoms with van der Waals surface area (Å²) in [4.78, 5) is 4.30. The van der Waals surface area contributed by atoms with Crippen molar-refractivity contribution in [2.45, 2.75) is 32.7 Å². The molecule has 0 amide bonds. The van der Waals surface area contributed by atoms with Gasteiger partial charge in [-0.25, -0.2) is 4.98 Å². The zero-order chi connectivity index (χ0) is 13.1. The van der Waals surface area contributed by atoms with Crippen LogP contribution in [0.4, 0.5) is 5.95 Å².